The molecular formula is C13H10F2O2. The van der Waals surface area contributed by atoms with Crippen molar-refractivity contribution in [2.75, 3.05) is 0 Å². The molecule has 0 saturated carbocycles. The maximum absolute atomic E-state index is 12.9. The minimum atomic E-state index is -0.952. The van der Waals surface area contributed by atoms with Crippen molar-refractivity contribution < 1.29 is 18.0 Å². The number of hydrogen-bond acceptors (Lipinski definition) is 2. The summed E-state index contributed by atoms with van der Waals surface area (Å²) < 4.78 is 30.7. The Morgan fingerprint density at radius 2 is 2.00 bits per heavy atom. The molecule has 17 heavy (non-hydrogen) atoms. The fourth-order valence-electron chi connectivity index (χ4n) is 1.57. The maximum atomic E-state index is 12.9. The molecular weight excluding hydrogens is 226 g/mol. The lowest BCUT2D eigenvalue weighted by Crippen LogP contribution is -2.04. The number of carbonyl (C=O) groups is 1. The highest BCUT2D eigenvalue weighted by Gasteiger charge is 2.14. The monoisotopic (exact) mass is 236 g/mol. The topological polar surface area (TPSA) is 30.2 Å². The van der Waals surface area contributed by atoms with E-state index in [2.05, 4.69) is 0 Å². The number of furan rings is 1. The molecule has 2 nitrogen and oxygen atoms in total. The highest BCUT2D eigenvalue weighted by Crippen LogP contribution is 2.14. The number of Topliss-reactive ketones (excluding diaryl/α,β-unsaturated/α-hetero) is 1. The van der Waals surface area contributed by atoms with Crippen LogP contribution in [0.25, 0.3) is 0 Å². The standard InChI is InChI=1S/C13H10F2O2/c1-8-4-5-17-13(8)12(16)7-9-2-3-10(14)11(15)6-9/h2-6H,7H2,1H3. The average Bonchev–Trinajstić information content (AvgIpc) is 2.70. The molecule has 0 atom stereocenters. The van der Waals surface area contributed by atoms with Crippen LogP contribution in [0.15, 0.2) is 34.9 Å². The summed E-state index contributed by atoms with van der Waals surface area (Å²) in [6.07, 6.45) is 1.42. The van der Waals surface area contributed by atoms with E-state index in [1.807, 2.05) is 0 Å². The number of hydrogen-bond donors (Lipinski definition) is 0. The second-order valence-electron chi connectivity index (χ2n) is 3.78. The Hall–Kier alpha value is -1.97. The van der Waals surface area contributed by atoms with E-state index in [4.69, 9.17) is 4.42 Å². The average molecular weight is 236 g/mol. The van der Waals surface area contributed by atoms with Gasteiger partial charge < -0.3 is 4.42 Å². The van der Waals surface area contributed by atoms with Crippen molar-refractivity contribution in [2.45, 2.75) is 13.3 Å². The molecule has 0 fully saturated rings. The minimum Gasteiger partial charge on any atom is -0.461 e. The number of carbonyl (C=O) groups excluding carboxylic acids is 1. The van der Waals surface area contributed by atoms with Crippen LogP contribution in [0.5, 0.6) is 0 Å². The van der Waals surface area contributed by atoms with Crippen LogP contribution in [0.1, 0.15) is 21.7 Å². The van der Waals surface area contributed by atoms with Crippen molar-refractivity contribution >= 4 is 5.78 Å². The highest BCUT2D eigenvalue weighted by molar-refractivity contribution is 5.96. The number of ketones is 1. The van der Waals surface area contributed by atoms with Crippen molar-refractivity contribution in [1.82, 2.24) is 0 Å². The van der Waals surface area contributed by atoms with Crippen LogP contribution in [0.4, 0.5) is 8.78 Å². The molecule has 0 radical (unpaired) electrons. The number of halogens is 2. The van der Waals surface area contributed by atoms with Crippen LogP contribution >= 0.6 is 0 Å². The van der Waals surface area contributed by atoms with E-state index in [9.17, 15) is 13.6 Å². The SMILES string of the molecule is Cc1ccoc1C(=O)Cc1ccc(F)c(F)c1. The molecule has 0 bridgehead atoms. The molecule has 2 aromatic rings. The van der Waals surface area contributed by atoms with Crippen LogP contribution in [0.2, 0.25) is 0 Å². The van der Waals surface area contributed by atoms with Crippen LogP contribution in [-0.4, -0.2) is 5.78 Å². The molecule has 0 spiro atoms. The first-order valence-corrected chi connectivity index (χ1v) is 5.09. The van der Waals surface area contributed by atoms with Gasteiger partial charge in [0.05, 0.1) is 6.26 Å². The summed E-state index contributed by atoms with van der Waals surface area (Å²) in [5.74, 6) is -1.87. The predicted octanol–water partition coefficient (Wildman–Crippen LogP) is 3.29. The molecule has 1 heterocycles. The second-order valence-corrected chi connectivity index (χ2v) is 3.78. The molecule has 1 aromatic carbocycles. The van der Waals surface area contributed by atoms with Gasteiger partial charge in [-0.2, -0.15) is 0 Å². The van der Waals surface area contributed by atoms with Gasteiger partial charge in [-0.15, -0.1) is 0 Å². The number of benzene rings is 1. The fourth-order valence-corrected chi connectivity index (χ4v) is 1.57. The van der Waals surface area contributed by atoms with Crippen molar-refractivity contribution in [1.29, 1.82) is 0 Å². The summed E-state index contributed by atoms with van der Waals surface area (Å²) in [5, 5.41) is 0. The van der Waals surface area contributed by atoms with Crippen molar-refractivity contribution in [3.05, 3.63) is 59.1 Å². The van der Waals surface area contributed by atoms with Crippen LogP contribution in [0, 0.1) is 18.6 Å². The van der Waals surface area contributed by atoms with E-state index < -0.39 is 11.6 Å². The lowest BCUT2D eigenvalue weighted by atomic mass is 10.1. The van der Waals surface area contributed by atoms with Gasteiger partial charge in [0.1, 0.15) is 0 Å². The molecule has 0 aliphatic rings. The first kappa shape index (κ1) is 11.5. The van der Waals surface area contributed by atoms with Gasteiger partial charge in [-0.3, -0.25) is 4.79 Å². The van der Waals surface area contributed by atoms with Crippen LogP contribution < -0.4 is 0 Å². The first-order valence-electron chi connectivity index (χ1n) is 5.09. The van der Waals surface area contributed by atoms with Crippen molar-refractivity contribution in [2.24, 2.45) is 0 Å². The van der Waals surface area contributed by atoms with Gasteiger partial charge in [0, 0.05) is 6.42 Å². The summed E-state index contributed by atoms with van der Waals surface area (Å²) in [5.41, 5.74) is 1.15. The maximum Gasteiger partial charge on any atom is 0.202 e. The quantitative estimate of drug-likeness (QED) is 0.765. The van der Waals surface area contributed by atoms with E-state index in [1.165, 1.54) is 12.3 Å². The molecule has 0 N–H and O–H groups in total. The third-order valence-corrected chi connectivity index (χ3v) is 2.46. The van der Waals surface area contributed by atoms with Gasteiger partial charge in [0.2, 0.25) is 5.78 Å². The second kappa shape index (κ2) is 4.49. The number of aryl methyl sites for hydroxylation is 1. The highest BCUT2D eigenvalue weighted by atomic mass is 19.2. The van der Waals surface area contributed by atoms with Gasteiger partial charge in [-0.1, -0.05) is 6.07 Å². The van der Waals surface area contributed by atoms with Crippen LogP contribution in [0.3, 0.4) is 0 Å². The van der Waals surface area contributed by atoms with Crippen LogP contribution in [-0.2, 0) is 6.42 Å². The number of rotatable bonds is 3. The molecule has 88 valence electrons. The Morgan fingerprint density at radius 3 is 2.59 bits per heavy atom. The molecule has 1 aromatic heterocycles. The van der Waals surface area contributed by atoms with Gasteiger partial charge in [0.15, 0.2) is 17.4 Å². The van der Waals surface area contributed by atoms with E-state index in [0.717, 1.165) is 17.7 Å². The Balaban J connectivity index is 2.19. The third-order valence-electron chi connectivity index (χ3n) is 2.46. The van der Waals surface area contributed by atoms with Gasteiger partial charge in [-0.25, -0.2) is 8.78 Å². The molecule has 2 rings (SSSR count). The van der Waals surface area contributed by atoms with Gasteiger partial charge in [0.25, 0.3) is 0 Å². The van der Waals surface area contributed by atoms with Crippen molar-refractivity contribution in [3.63, 3.8) is 0 Å². The largest absolute Gasteiger partial charge is 0.461 e. The molecule has 0 saturated heterocycles. The Bertz CT molecular complexity index is 558. The first-order chi connectivity index (χ1) is 8.08. The summed E-state index contributed by atoms with van der Waals surface area (Å²) in [6, 6.07) is 5.09. The fraction of sp³-hybridized carbons (Fsp3) is 0.154. The minimum absolute atomic E-state index is 0.00838. The summed E-state index contributed by atoms with van der Waals surface area (Å²) in [6.45, 7) is 1.75. The predicted molar refractivity (Wildman–Crippen MR) is 57.8 cm³/mol. The van der Waals surface area contributed by atoms with E-state index in [1.54, 1.807) is 13.0 Å². The normalized spacial score (nSPS) is 10.5. The molecule has 0 aliphatic carbocycles. The smallest absolute Gasteiger partial charge is 0.202 e. The zero-order valence-electron chi connectivity index (χ0n) is 9.17. The lowest BCUT2D eigenvalue weighted by molar-refractivity contribution is 0.0965. The Kier molecular flexibility index (Phi) is 3.04. The zero-order chi connectivity index (χ0) is 12.4. The van der Waals surface area contributed by atoms with Gasteiger partial charge >= 0.3 is 0 Å². The van der Waals surface area contributed by atoms with E-state index in [0.29, 0.717) is 5.56 Å². The third kappa shape index (κ3) is 2.41. The lowest BCUT2D eigenvalue weighted by Gasteiger charge is -2.01. The van der Waals surface area contributed by atoms with E-state index >= 15 is 0 Å². The zero-order valence-corrected chi connectivity index (χ0v) is 9.17. The summed E-state index contributed by atoms with van der Waals surface area (Å²) >= 11 is 0. The molecule has 4 heteroatoms. The molecule has 0 aliphatic heterocycles. The van der Waals surface area contributed by atoms with Crippen molar-refractivity contribution in [3.8, 4) is 0 Å². The van der Waals surface area contributed by atoms with E-state index in [-0.39, 0.29) is 18.0 Å². The molecule has 0 unspecified atom stereocenters. The molecule has 0 amide bonds. The van der Waals surface area contributed by atoms with Gasteiger partial charge in [-0.05, 0) is 36.2 Å². The Labute approximate surface area is 96.9 Å². The Morgan fingerprint density at radius 1 is 1.24 bits per heavy atom. The summed E-state index contributed by atoms with van der Waals surface area (Å²) in [7, 11) is 0. The summed E-state index contributed by atoms with van der Waals surface area (Å²) in [4.78, 5) is 11.8.